The van der Waals surface area contributed by atoms with Crippen molar-refractivity contribution in [2.24, 2.45) is 16.6 Å². The number of nitrogens with zero attached hydrogens (tertiary/aromatic N) is 1. The molecule has 0 fully saturated rings. The van der Waals surface area contributed by atoms with Crippen molar-refractivity contribution in [3.63, 3.8) is 0 Å². The zero-order chi connectivity index (χ0) is 14.1. The summed E-state index contributed by atoms with van der Waals surface area (Å²) in [4.78, 5) is 4.32. The highest BCUT2D eigenvalue weighted by atomic mass is 16.5. The minimum Gasteiger partial charge on any atom is -0.493 e. The number of benzene rings is 1. The fourth-order valence-corrected chi connectivity index (χ4v) is 1.51. The third-order valence-electron chi connectivity index (χ3n) is 2.52. The Bertz CT molecular complexity index is 402. The first kappa shape index (κ1) is 15.3. The molecular weight excluding hydrogens is 238 g/mol. The summed E-state index contributed by atoms with van der Waals surface area (Å²) in [7, 11) is 0. The minimum atomic E-state index is 0.487. The molecule has 0 spiro atoms. The molecule has 0 aliphatic rings. The van der Waals surface area contributed by atoms with Gasteiger partial charge in [-0.05, 0) is 18.4 Å². The average molecular weight is 263 g/mol. The molecule has 0 amide bonds. The van der Waals surface area contributed by atoms with E-state index in [1.807, 2.05) is 24.3 Å². The van der Waals surface area contributed by atoms with Crippen LogP contribution in [0.15, 0.2) is 29.3 Å². The summed E-state index contributed by atoms with van der Waals surface area (Å²) >= 11 is 0. The number of guanidine groups is 1. The third-order valence-corrected chi connectivity index (χ3v) is 2.52. The Hall–Kier alpha value is -1.71. The van der Waals surface area contributed by atoms with Crippen LogP contribution in [-0.2, 0) is 6.54 Å². The SMILES string of the molecule is CCCNC(N)=NCc1ccccc1OCC(C)C. The molecule has 3 N–H and O–H groups in total. The van der Waals surface area contributed by atoms with Crippen molar-refractivity contribution in [2.45, 2.75) is 33.7 Å². The maximum Gasteiger partial charge on any atom is 0.188 e. The number of para-hydroxylation sites is 1. The van der Waals surface area contributed by atoms with Gasteiger partial charge in [0.2, 0.25) is 0 Å². The number of nitrogens with two attached hydrogens (primary N) is 1. The third kappa shape index (κ3) is 6.13. The van der Waals surface area contributed by atoms with E-state index in [1.165, 1.54) is 0 Å². The number of hydrogen-bond acceptors (Lipinski definition) is 2. The van der Waals surface area contributed by atoms with E-state index in [2.05, 4.69) is 31.1 Å². The van der Waals surface area contributed by atoms with E-state index < -0.39 is 0 Å². The molecule has 106 valence electrons. The molecule has 4 heteroatoms. The number of aliphatic imine (C=N–C) groups is 1. The quantitative estimate of drug-likeness (QED) is 0.587. The van der Waals surface area contributed by atoms with Crippen LogP contribution in [0, 0.1) is 5.92 Å². The van der Waals surface area contributed by atoms with E-state index >= 15 is 0 Å². The van der Waals surface area contributed by atoms with Crippen LogP contribution in [0.3, 0.4) is 0 Å². The number of hydrogen-bond donors (Lipinski definition) is 2. The molecule has 0 unspecified atom stereocenters. The summed E-state index contributed by atoms with van der Waals surface area (Å²) in [5.74, 6) is 1.89. The van der Waals surface area contributed by atoms with Gasteiger partial charge >= 0.3 is 0 Å². The average Bonchev–Trinajstić information content (AvgIpc) is 2.41. The van der Waals surface area contributed by atoms with Crippen molar-refractivity contribution in [3.8, 4) is 5.75 Å². The first-order valence-electron chi connectivity index (χ1n) is 6.88. The lowest BCUT2D eigenvalue weighted by molar-refractivity contribution is 0.268. The molecule has 0 aliphatic carbocycles. The summed E-state index contributed by atoms with van der Waals surface area (Å²) in [6.07, 6.45) is 1.03. The van der Waals surface area contributed by atoms with Gasteiger partial charge in [-0.2, -0.15) is 0 Å². The van der Waals surface area contributed by atoms with Crippen molar-refractivity contribution in [2.75, 3.05) is 13.2 Å². The monoisotopic (exact) mass is 263 g/mol. The van der Waals surface area contributed by atoms with E-state index in [-0.39, 0.29) is 0 Å². The van der Waals surface area contributed by atoms with Crippen LogP contribution in [0.25, 0.3) is 0 Å². The Labute approximate surface area is 116 Å². The van der Waals surface area contributed by atoms with Gasteiger partial charge < -0.3 is 15.8 Å². The molecule has 1 aromatic rings. The zero-order valence-corrected chi connectivity index (χ0v) is 12.1. The molecule has 4 nitrogen and oxygen atoms in total. The summed E-state index contributed by atoms with van der Waals surface area (Å²) < 4.78 is 5.78. The summed E-state index contributed by atoms with van der Waals surface area (Å²) in [5.41, 5.74) is 6.84. The van der Waals surface area contributed by atoms with Gasteiger partial charge in [0.25, 0.3) is 0 Å². The van der Waals surface area contributed by atoms with Crippen molar-refractivity contribution in [3.05, 3.63) is 29.8 Å². The second-order valence-corrected chi connectivity index (χ2v) is 4.94. The van der Waals surface area contributed by atoms with Gasteiger partial charge in [-0.15, -0.1) is 0 Å². The standard InChI is InChI=1S/C15H25N3O/c1-4-9-17-15(16)18-10-13-7-5-6-8-14(13)19-11-12(2)3/h5-8,12H,4,9-11H2,1-3H3,(H3,16,17,18). The van der Waals surface area contributed by atoms with Crippen molar-refractivity contribution >= 4 is 5.96 Å². The summed E-state index contributed by atoms with van der Waals surface area (Å²) in [6, 6.07) is 7.96. The van der Waals surface area contributed by atoms with Gasteiger partial charge in [0.1, 0.15) is 5.75 Å². The highest BCUT2D eigenvalue weighted by molar-refractivity contribution is 5.77. The van der Waals surface area contributed by atoms with E-state index in [4.69, 9.17) is 10.5 Å². The molecule has 0 heterocycles. The van der Waals surface area contributed by atoms with Gasteiger partial charge in [0.15, 0.2) is 5.96 Å². The van der Waals surface area contributed by atoms with E-state index in [0.29, 0.717) is 25.0 Å². The first-order chi connectivity index (χ1) is 9.13. The van der Waals surface area contributed by atoms with Crippen LogP contribution < -0.4 is 15.8 Å². The highest BCUT2D eigenvalue weighted by Gasteiger charge is 2.03. The largest absolute Gasteiger partial charge is 0.493 e. The Morgan fingerprint density at radius 2 is 2.11 bits per heavy atom. The molecule has 0 saturated heterocycles. The number of rotatable bonds is 7. The Morgan fingerprint density at radius 3 is 2.79 bits per heavy atom. The molecule has 0 atom stereocenters. The lowest BCUT2D eigenvalue weighted by Gasteiger charge is -2.12. The van der Waals surface area contributed by atoms with Crippen molar-refractivity contribution < 1.29 is 4.74 Å². The molecule has 1 rings (SSSR count). The van der Waals surface area contributed by atoms with Gasteiger partial charge in [0, 0.05) is 12.1 Å². The second kappa shape index (κ2) is 8.40. The van der Waals surface area contributed by atoms with Gasteiger partial charge in [-0.3, -0.25) is 0 Å². The summed E-state index contributed by atoms with van der Waals surface area (Å²) in [5, 5.41) is 3.06. The molecule has 0 aromatic heterocycles. The zero-order valence-electron chi connectivity index (χ0n) is 12.1. The number of nitrogens with one attached hydrogen (secondary N) is 1. The first-order valence-corrected chi connectivity index (χ1v) is 6.88. The Morgan fingerprint density at radius 1 is 1.37 bits per heavy atom. The second-order valence-electron chi connectivity index (χ2n) is 4.94. The number of ether oxygens (including phenoxy) is 1. The van der Waals surface area contributed by atoms with Crippen LogP contribution in [-0.4, -0.2) is 19.1 Å². The van der Waals surface area contributed by atoms with Crippen LogP contribution in [0.1, 0.15) is 32.8 Å². The molecule has 0 bridgehead atoms. The van der Waals surface area contributed by atoms with Gasteiger partial charge in [-0.25, -0.2) is 4.99 Å². The molecule has 0 aliphatic heterocycles. The summed E-state index contributed by atoms with van der Waals surface area (Å²) in [6.45, 7) is 8.46. The Balaban J connectivity index is 2.61. The van der Waals surface area contributed by atoms with Crippen molar-refractivity contribution in [1.29, 1.82) is 0 Å². The fraction of sp³-hybridized carbons (Fsp3) is 0.533. The van der Waals surface area contributed by atoms with Crippen molar-refractivity contribution in [1.82, 2.24) is 5.32 Å². The van der Waals surface area contributed by atoms with E-state index in [1.54, 1.807) is 0 Å². The molecule has 0 saturated carbocycles. The normalized spacial score (nSPS) is 11.7. The maximum absolute atomic E-state index is 5.78. The van der Waals surface area contributed by atoms with Gasteiger partial charge in [-0.1, -0.05) is 39.0 Å². The van der Waals surface area contributed by atoms with E-state index in [9.17, 15) is 0 Å². The predicted octanol–water partition coefficient (Wildman–Crippen LogP) is 2.54. The highest BCUT2D eigenvalue weighted by Crippen LogP contribution is 2.19. The molecule has 1 aromatic carbocycles. The smallest absolute Gasteiger partial charge is 0.188 e. The van der Waals surface area contributed by atoms with E-state index in [0.717, 1.165) is 24.3 Å². The lowest BCUT2D eigenvalue weighted by Crippen LogP contribution is -2.32. The van der Waals surface area contributed by atoms with Gasteiger partial charge in [0.05, 0.1) is 13.2 Å². The van der Waals surface area contributed by atoms with Crippen LogP contribution in [0.5, 0.6) is 5.75 Å². The Kier molecular flexibility index (Phi) is 6.79. The molecule has 0 radical (unpaired) electrons. The van der Waals surface area contributed by atoms with Crippen LogP contribution >= 0.6 is 0 Å². The van der Waals surface area contributed by atoms with Crippen LogP contribution in [0.4, 0.5) is 0 Å². The molecular formula is C15H25N3O. The van der Waals surface area contributed by atoms with Crippen LogP contribution in [0.2, 0.25) is 0 Å². The lowest BCUT2D eigenvalue weighted by atomic mass is 10.2. The fourth-order valence-electron chi connectivity index (χ4n) is 1.51. The minimum absolute atomic E-state index is 0.487. The predicted molar refractivity (Wildman–Crippen MR) is 80.4 cm³/mol. The molecule has 19 heavy (non-hydrogen) atoms. The maximum atomic E-state index is 5.78. The topological polar surface area (TPSA) is 59.6 Å².